The number of furan rings is 1. The number of aliphatic imine (C=N–C) groups is 1. The molecule has 140 valence electrons. The highest BCUT2D eigenvalue weighted by atomic mass is 127. The Labute approximate surface area is 165 Å². The van der Waals surface area contributed by atoms with Crippen LogP contribution in [0.4, 0.5) is 13.2 Å². The van der Waals surface area contributed by atoms with Crippen LogP contribution < -0.4 is 10.6 Å². The quantitative estimate of drug-likeness (QED) is 0.381. The average Bonchev–Trinajstić information content (AvgIpc) is 3.09. The molecule has 25 heavy (non-hydrogen) atoms. The second-order valence-electron chi connectivity index (χ2n) is 5.17. The monoisotopic (exact) mass is 488 g/mol. The Morgan fingerprint density at radius 2 is 2.04 bits per heavy atom. The van der Waals surface area contributed by atoms with Gasteiger partial charge in [-0.3, -0.25) is 4.99 Å². The molecule has 2 aromatic heterocycles. The van der Waals surface area contributed by atoms with Gasteiger partial charge < -0.3 is 15.1 Å². The van der Waals surface area contributed by atoms with Crippen molar-refractivity contribution in [3.05, 3.63) is 39.2 Å². The number of aryl methyl sites for hydroxylation is 2. The summed E-state index contributed by atoms with van der Waals surface area (Å²) < 4.78 is 42.9. The van der Waals surface area contributed by atoms with Gasteiger partial charge in [-0.05, 0) is 19.9 Å². The number of guanidine groups is 1. The summed E-state index contributed by atoms with van der Waals surface area (Å²) >= 11 is 1.01. The molecule has 0 aliphatic heterocycles. The van der Waals surface area contributed by atoms with Crippen molar-refractivity contribution in [2.75, 3.05) is 13.6 Å². The summed E-state index contributed by atoms with van der Waals surface area (Å²) in [5.41, 5.74) is 0.195. The predicted molar refractivity (Wildman–Crippen MR) is 103 cm³/mol. The summed E-state index contributed by atoms with van der Waals surface area (Å²) in [7, 11) is 1.63. The van der Waals surface area contributed by atoms with Gasteiger partial charge in [-0.2, -0.15) is 13.2 Å². The molecular weight excluding hydrogens is 468 g/mol. The molecule has 10 heteroatoms. The van der Waals surface area contributed by atoms with Crippen molar-refractivity contribution in [3.63, 3.8) is 0 Å². The first-order valence-electron chi connectivity index (χ1n) is 7.31. The van der Waals surface area contributed by atoms with E-state index >= 15 is 0 Å². The van der Waals surface area contributed by atoms with Crippen molar-refractivity contribution < 1.29 is 17.6 Å². The molecule has 0 saturated heterocycles. The van der Waals surface area contributed by atoms with Gasteiger partial charge in [-0.25, -0.2) is 4.98 Å². The average molecular weight is 488 g/mol. The van der Waals surface area contributed by atoms with E-state index in [1.165, 1.54) is 0 Å². The fourth-order valence-corrected chi connectivity index (χ4v) is 2.91. The predicted octanol–water partition coefficient (Wildman–Crippen LogP) is 3.90. The Bertz CT molecular complexity index is 712. The van der Waals surface area contributed by atoms with Crippen LogP contribution in [-0.2, 0) is 19.1 Å². The number of hydrogen-bond donors (Lipinski definition) is 2. The topological polar surface area (TPSA) is 62.5 Å². The summed E-state index contributed by atoms with van der Waals surface area (Å²) in [5, 5.41) is 7.66. The third-order valence-electron chi connectivity index (χ3n) is 3.29. The van der Waals surface area contributed by atoms with Gasteiger partial charge in [0.05, 0.1) is 5.01 Å². The molecule has 2 N–H and O–H groups in total. The highest BCUT2D eigenvalue weighted by molar-refractivity contribution is 14.0. The Hall–Kier alpha value is -1.30. The number of nitrogens with one attached hydrogen (secondary N) is 2. The van der Waals surface area contributed by atoms with E-state index in [4.69, 9.17) is 4.42 Å². The zero-order chi connectivity index (χ0) is 17.7. The highest BCUT2D eigenvalue weighted by Crippen LogP contribution is 2.29. The first-order valence-corrected chi connectivity index (χ1v) is 8.19. The SMILES string of the molecule is CN=C(NCCc1nc(C(F)(F)F)cs1)NCc1cc(C)oc1C.I. The maximum atomic E-state index is 12.5. The Kier molecular flexibility index (Phi) is 8.19. The molecule has 0 amide bonds. The minimum Gasteiger partial charge on any atom is -0.466 e. The molecule has 0 unspecified atom stereocenters. The van der Waals surface area contributed by atoms with Crippen molar-refractivity contribution in [2.24, 2.45) is 4.99 Å². The number of halogens is 4. The standard InChI is InChI=1S/C15H19F3N4OS.HI/c1-9-6-11(10(2)23-9)7-21-14(19-3)20-5-4-13-22-12(8-24-13)15(16,17)18;/h6,8H,4-5,7H2,1-3H3,(H2,19,20,21);1H. The molecule has 0 saturated carbocycles. The van der Waals surface area contributed by atoms with Gasteiger partial charge in [-0.1, -0.05) is 0 Å². The first kappa shape index (κ1) is 21.7. The first-order chi connectivity index (χ1) is 11.3. The summed E-state index contributed by atoms with van der Waals surface area (Å²) in [5.74, 6) is 2.26. The lowest BCUT2D eigenvalue weighted by atomic mass is 10.2. The van der Waals surface area contributed by atoms with Crippen LogP contribution in [0, 0.1) is 13.8 Å². The van der Waals surface area contributed by atoms with E-state index in [1.807, 2.05) is 19.9 Å². The molecule has 0 aliphatic rings. The van der Waals surface area contributed by atoms with Gasteiger partial charge in [0.1, 0.15) is 11.5 Å². The smallest absolute Gasteiger partial charge is 0.434 e. The van der Waals surface area contributed by atoms with E-state index in [2.05, 4.69) is 20.6 Å². The Morgan fingerprint density at radius 3 is 2.56 bits per heavy atom. The Balaban J connectivity index is 0.00000312. The molecule has 0 aliphatic carbocycles. The van der Waals surface area contributed by atoms with Crippen LogP contribution in [0.3, 0.4) is 0 Å². The lowest BCUT2D eigenvalue weighted by Gasteiger charge is -2.10. The third kappa shape index (κ3) is 6.49. The second-order valence-corrected chi connectivity index (χ2v) is 6.11. The van der Waals surface area contributed by atoms with Crippen molar-refractivity contribution in [2.45, 2.75) is 33.0 Å². The van der Waals surface area contributed by atoms with E-state index < -0.39 is 11.9 Å². The number of thiazole rings is 1. The molecule has 0 radical (unpaired) electrons. The maximum Gasteiger partial charge on any atom is 0.434 e. The van der Waals surface area contributed by atoms with Crippen molar-refractivity contribution in [1.29, 1.82) is 0 Å². The number of rotatable bonds is 5. The third-order valence-corrected chi connectivity index (χ3v) is 4.20. The number of alkyl halides is 3. The van der Waals surface area contributed by atoms with Crippen LogP contribution in [0.2, 0.25) is 0 Å². The van der Waals surface area contributed by atoms with Crippen molar-refractivity contribution >= 4 is 41.3 Å². The summed E-state index contributed by atoms with van der Waals surface area (Å²) in [4.78, 5) is 7.68. The zero-order valence-corrected chi connectivity index (χ0v) is 17.2. The molecule has 2 rings (SSSR count). The molecule has 5 nitrogen and oxygen atoms in total. The van der Waals surface area contributed by atoms with E-state index in [0.29, 0.717) is 30.5 Å². The molecule has 0 bridgehead atoms. The summed E-state index contributed by atoms with van der Waals surface area (Å²) in [6.45, 7) is 4.76. The van der Waals surface area contributed by atoms with E-state index in [-0.39, 0.29) is 24.0 Å². The Morgan fingerprint density at radius 1 is 1.32 bits per heavy atom. The number of nitrogens with zero attached hydrogens (tertiary/aromatic N) is 2. The largest absolute Gasteiger partial charge is 0.466 e. The molecule has 0 atom stereocenters. The highest BCUT2D eigenvalue weighted by Gasteiger charge is 2.33. The maximum absolute atomic E-state index is 12.5. The van der Waals surface area contributed by atoms with Gasteiger partial charge in [0.2, 0.25) is 0 Å². The van der Waals surface area contributed by atoms with Crippen LogP contribution in [0.15, 0.2) is 20.9 Å². The summed E-state index contributed by atoms with van der Waals surface area (Å²) in [6, 6.07) is 1.95. The van der Waals surface area contributed by atoms with Gasteiger partial charge in [0.25, 0.3) is 0 Å². The van der Waals surface area contributed by atoms with Crippen molar-refractivity contribution in [1.82, 2.24) is 15.6 Å². The van der Waals surface area contributed by atoms with E-state index in [1.54, 1.807) is 7.05 Å². The number of hydrogen-bond acceptors (Lipinski definition) is 4. The minimum absolute atomic E-state index is 0. The molecular formula is C15H20F3IN4OS. The summed E-state index contributed by atoms with van der Waals surface area (Å²) in [6.07, 6.45) is -3.99. The zero-order valence-electron chi connectivity index (χ0n) is 14.0. The van der Waals surface area contributed by atoms with Gasteiger partial charge >= 0.3 is 6.18 Å². The molecule has 0 spiro atoms. The molecule has 2 aromatic rings. The van der Waals surface area contributed by atoms with E-state index in [9.17, 15) is 13.2 Å². The van der Waals surface area contributed by atoms with Gasteiger partial charge in [0, 0.05) is 37.5 Å². The van der Waals surface area contributed by atoms with Crippen molar-refractivity contribution in [3.8, 4) is 0 Å². The lowest BCUT2D eigenvalue weighted by molar-refractivity contribution is -0.140. The normalized spacial score (nSPS) is 12.0. The molecule has 0 aromatic carbocycles. The van der Waals surface area contributed by atoms with Gasteiger partial charge in [-0.15, -0.1) is 35.3 Å². The minimum atomic E-state index is -4.39. The van der Waals surface area contributed by atoms with Crippen LogP contribution in [0.5, 0.6) is 0 Å². The second kappa shape index (κ2) is 9.41. The fraction of sp³-hybridized carbons (Fsp3) is 0.467. The number of aromatic nitrogens is 1. The van der Waals surface area contributed by atoms with Crippen LogP contribution in [-0.4, -0.2) is 24.5 Å². The molecule has 0 fully saturated rings. The lowest BCUT2D eigenvalue weighted by Crippen LogP contribution is -2.37. The van der Waals surface area contributed by atoms with Crippen LogP contribution in [0.1, 0.15) is 27.8 Å². The molecule has 2 heterocycles. The van der Waals surface area contributed by atoms with Crippen LogP contribution in [0.25, 0.3) is 0 Å². The van der Waals surface area contributed by atoms with E-state index in [0.717, 1.165) is 33.8 Å². The van der Waals surface area contributed by atoms with Gasteiger partial charge in [0.15, 0.2) is 11.7 Å². The fourth-order valence-electron chi connectivity index (χ4n) is 2.10. The van der Waals surface area contributed by atoms with Crippen LogP contribution >= 0.6 is 35.3 Å².